The van der Waals surface area contributed by atoms with Crippen LogP contribution in [0, 0.1) is 5.82 Å². The molecular formula is C14H21FN2O. The molecule has 3 nitrogen and oxygen atoms in total. The fraction of sp³-hybridized carbons (Fsp3) is 0.571. The maximum Gasteiger partial charge on any atom is 0.123 e. The third kappa shape index (κ3) is 3.77. The molecule has 1 fully saturated rings. The summed E-state index contributed by atoms with van der Waals surface area (Å²) in [6, 6.07) is 6.52. The van der Waals surface area contributed by atoms with E-state index in [4.69, 9.17) is 0 Å². The smallest absolute Gasteiger partial charge is 0.123 e. The number of benzene rings is 1. The lowest BCUT2D eigenvalue weighted by Gasteiger charge is -2.30. The van der Waals surface area contributed by atoms with Crippen molar-refractivity contribution in [3.63, 3.8) is 0 Å². The second-order valence-electron chi connectivity index (χ2n) is 5.05. The lowest BCUT2D eigenvalue weighted by molar-refractivity contribution is 0.157. The van der Waals surface area contributed by atoms with Gasteiger partial charge in [-0.15, -0.1) is 0 Å². The van der Waals surface area contributed by atoms with Crippen LogP contribution < -0.4 is 5.32 Å². The van der Waals surface area contributed by atoms with E-state index in [-0.39, 0.29) is 5.82 Å². The van der Waals surface area contributed by atoms with Gasteiger partial charge < -0.3 is 15.3 Å². The molecule has 18 heavy (non-hydrogen) atoms. The van der Waals surface area contributed by atoms with E-state index in [1.165, 1.54) is 12.1 Å². The SMILES string of the molecule is CN1CCC(NCC(O)c2ccc(F)cc2)CC1. The van der Waals surface area contributed by atoms with Crippen LogP contribution in [0.2, 0.25) is 0 Å². The van der Waals surface area contributed by atoms with Crippen LogP contribution in [0.4, 0.5) is 4.39 Å². The Morgan fingerprint density at radius 2 is 1.94 bits per heavy atom. The summed E-state index contributed by atoms with van der Waals surface area (Å²) in [6.45, 7) is 2.73. The summed E-state index contributed by atoms with van der Waals surface area (Å²) < 4.78 is 12.8. The molecule has 1 aliphatic rings. The van der Waals surface area contributed by atoms with Gasteiger partial charge in [0.25, 0.3) is 0 Å². The normalized spacial score (nSPS) is 19.9. The summed E-state index contributed by atoms with van der Waals surface area (Å²) >= 11 is 0. The molecule has 0 aliphatic carbocycles. The minimum Gasteiger partial charge on any atom is -0.387 e. The summed E-state index contributed by atoms with van der Waals surface area (Å²) in [5, 5.41) is 13.4. The largest absolute Gasteiger partial charge is 0.387 e. The molecule has 1 aromatic carbocycles. The minimum atomic E-state index is -0.565. The van der Waals surface area contributed by atoms with Crippen molar-refractivity contribution in [2.75, 3.05) is 26.7 Å². The number of piperidine rings is 1. The monoisotopic (exact) mass is 252 g/mol. The van der Waals surface area contributed by atoms with Crippen molar-refractivity contribution in [3.8, 4) is 0 Å². The van der Waals surface area contributed by atoms with Crippen LogP contribution in [-0.2, 0) is 0 Å². The van der Waals surface area contributed by atoms with Crippen LogP contribution in [0.25, 0.3) is 0 Å². The molecule has 2 rings (SSSR count). The highest BCUT2D eigenvalue weighted by Crippen LogP contribution is 2.14. The maximum atomic E-state index is 12.8. The molecule has 2 N–H and O–H groups in total. The third-order valence-electron chi connectivity index (χ3n) is 3.57. The molecule has 0 amide bonds. The van der Waals surface area contributed by atoms with Gasteiger partial charge in [0, 0.05) is 12.6 Å². The molecule has 1 aromatic rings. The Hall–Kier alpha value is -0.970. The average Bonchev–Trinajstić information content (AvgIpc) is 2.38. The van der Waals surface area contributed by atoms with Gasteiger partial charge in [0.1, 0.15) is 5.82 Å². The Balaban J connectivity index is 1.77. The first-order valence-electron chi connectivity index (χ1n) is 6.50. The number of rotatable bonds is 4. The minimum absolute atomic E-state index is 0.269. The molecule has 0 bridgehead atoms. The lowest BCUT2D eigenvalue weighted by Crippen LogP contribution is -2.42. The fourth-order valence-electron chi connectivity index (χ4n) is 2.29. The van der Waals surface area contributed by atoms with Crippen LogP contribution in [-0.4, -0.2) is 42.7 Å². The van der Waals surface area contributed by atoms with E-state index in [2.05, 4.69) is 17.3 Å². The fourth-order valence-corrected chi connectivity index (χ4v) is 2.29. The highest BCUT2D eigenvalue weighted by molar-refractivity contribution is 5.18. The summed E-state index contributed by atoms with van der Waals surface area (Å²) in [6.07, 6.45) is 1.67. The molecule has 4 heteroatoms. The number of aliphatic hydroxyl groups is 1. The van der Waals surface area contributed by atoms with Gasteiger partial charge >= 0.3 is 0 Å². The van der Waals surface area contributed by atoms with Crippen molar-refractivity contribution in [2.45, 2.75) is 25.0 Å². The second-order valence-corrected chi connectivity index (χ2v) is 5.05. The van der Waals surface area contributed by atoms with Crippen molar-refractivity contribution in [3.05, 3.63) is 35.6 Å². The molecule has 0 aromatic heterocycles. The van der Waals surface area contributed by atoms with Crippen LogP contribution >= 0.6 is 0 Å². The average molecular weight is 252 g/mol. The lowest BCUT2D eigenvalue weighted by atomic mass is 10.0. The Kier molecular flexibility index (Phi) is 4.69. The van der Waals surface area contributed by atoms with Gasteiger partial charge in [-0.05, 0) is 50.7 Å². The number of nitrogens with one attached hydrogen (secondary N) is 1. The first-order chi connectivity index (χ1) is 8.65. The van der Waals surface area contributed by atoms with E-state index in [9.17, 15) is 9.50 Å². The van der Waals surface area contributed by atoms with Gasteiger partial charge in [-0.1, -0.05) is 12.1 Å². The number of likely N-dealkylation sites (tertiary alicyclic amines) is 1. The third-order valence-corrected chi connectivity index (χ3v) is 3.57. The van der Waals surface area contributed by atoms with E-state index < -0.39 is 6.10 Å². The quantitative estimate of drug-likeness (QED) is 0.853. The molecule has 0 spiro atoms. The number of hydrogen-bond donors (Lipinski definition) is 2. The maximum absolute atomic E-state index is 12.8. The van der Waals surface area contributed by atoms with E-state index in [1.807, 2.05) is 0 Å². The van der Waals surface area contributed by atoms with Crippen molar-refractivity contribution >= 4 is 0 Å². The van der Waals surface area contributed by atoms with E-state index in [0.29, 0.717) is 12.6 Å². The van der Waals surface area contributed by atoms with Gasteiger partial charge in [-0.25, -0.2) is 4.39 Å². The predicted molar refractivity (Wildman–Crippen MR) is 69.9 cm³/mol. The van der Waals surface area contributed by atoms with Crippen LogP contribution in [0.5, 0.6) is 0 Å². The zero-order chi connectivity index (χ0) is 13.0. The van der Waals surface area contributed by atoms with Crippen molar-refractivity contribution in [1.29, 1.82) is 0 Å². The zero-order valence-corrected chi connectivity index (χ0v) is 10.8. The number of nitrogens with zero attached hydrogens (tertiary/aromatic N) is 1. The highest BCUT2D eigenvalue weighted by Gasteiger charge is 2.17. The summed E-state index contributed by atoms with van der Waals surface area (Å²) in [5.41, 5.74) is 0.761. The molecule has 0 saturated carbocycles. The topological polar surface area (TPSA) is 35.5 Å². The second kappa shape index (κ2) is 6.27. The predicted octanol–water partition coefficient (Wildman–Crippen LogP) is 1.54. The number of aliphatic hydroxyl groups excluding tert-OH is 1. The molecule has 100 valence electrons. The van der Waals surface area contributed by atoms with Gasteiger partial charge in [0.05, 0.1) is 6.10 Å². The Bertz CT molecular complexity index is 361. The van der Waals surface area contributed by atoms with E-state index in [0.717, 1.165) is 31.5 Å². The van der Waals surface area contributed by atoms with Crippen LogP contribution in [0.1, 0.15) is 24.5 Å². The van der Waals surface area contributed by atoms with Gasteiger partial charge in [0.2, 0.25) is 0 Å². The van der Waals surface area contributed by atoms with Crippen molar-refractivity contribution < 1.29 is 9.50 Å². The molecule has 1 heterocycles. The van der Waals surface area contributed by atoms with Gasteiger partial charge in [-0.3, -0.25) is 0 Å². The molecule has 0 radical (unpaired) electrons. The summed E-state index contributed by atoms with van der Waals surface area (Å²) in [4.78, 5) is 2.31. The van der Waals surface area contributed by atoms with Gasteiger partial charge in [0.15, 0.2) is 0 Å². The molecule has 1 saturated heterocycles. The Morgan fingerprint density at radius 1 is 1.33 bits per heavy atom. The number of hydrogen-bond acceptors (Lipinski definition) is 3. The number of halogens is 1. The molecular weight excluding hydrogens is 231 g/mol. The standard InChI is InChI=1S/C14H21FN2O/c1-17-8-6-13(7-9-17)16-10-14(18)11-2-4-12(15)5-3-11/h2-5,13-14,16,18H,6-10H2,1H3. The van der Waals surface area contributed by atoms with Crippen LogP contribution in [0.3, 0.4) is 0 Å². The van der Waals surface area contributed by atoms with Crippen LogP contribution in [0.15, 0.2) is 24.3 Å². The molecule has 1 unspecified atom stereocenters. The first kappa shape index (κ1) is 13.5. The Morgan fingerprint density at radius 3 is 2.56 bits per heavy atom. The van der Waals surface area contributed by atoms with Crippen molar-refractivity contribution in [2.24, 2.45) is 0 Å². The summed E-state index contributed by atoms with van der Waals surface area (Å²) in [7, 11) is 2.13. The highest BCUT2D eigenvalue weighted by atomic mass is 19.1. The Labute approximate surface area is 108 Å². The van der Waals surface area contributed by atoms with E-state index in [1.54, 1.807) is 12.1 Å². The molecule has 1 aliphatic heterocycles. The van der Waals surface area contributed by atoms with Gasteiger partial charge in [-0.2, -0.15) is 0 Å². The zero-order valence-electron chi connectivity index (χ0n) is 10.8. The molecule has 1 atom stereocenters. The van der Waals surface area contributed by atoms with Crippen molar-refractivity contribution in [1.82, 2.24) is 10.2 Å². The summed E-state index contributed by atoms with van der Waals surface area (Å²) in [5.74, 6) is -0.269. The van der Waals surface area contributed by atoms with E-state index >= 15 is 0 Å². The first-order valence-corrected chi connectivity index (χ1v) is 6.50.